The summed E-state index contributed by atoms with van der Waals surface area (Å²) >= 11 is 0. The normalized spacial score (nSPS) is 14.8. The van der Waals surface area contributed by atoms with Crippen molar-refractivity contribution in [2.75, 3.05) is 0 Å². The van der Waals surface area contributed by atoms with E-state index in [1.165, 1.54) is 0 Å². The van der Waals surface area contributed by atoms with Crippen LogP contribution in [0.3, 0.4) is 0 Å². The molecule has 0 bridgehead atoms. The standard InChI is InChI=1S/C16H18N2O4S/c1-11-8-12(3-7-16(19)20)2-6-15(11)13-9-17-18(10-13)23(21,22)14-4-5-14/h2,6,8-10,14H,3-5,7H2,1H3,(H,19,20). The number of carbonyl (C=O) groups is 1. The topological polar surface area (TPSA) is 89.3 Å². The summed E-state index contributed by atoms with van der Waals surface area (Å²) in [5, 5.41) is 12.4. The highest BCUT2D eigenvalue weighted by Crippen LogP contribution is 2.31. The molecule has 1 fully saturated rings. The first-order chi connectivity index (χ1) is 10.9. The lowest BCUT2D eigenvalue weighted by Crippen LogP contribution is -2.17. The number of aliphatic carboxylic acids is 1. The third-order valence-electron chi connectivity index (χ3n) is 4.00. The van der Waals surface area contributed by atoms with Crippen LogP contribution in [0.4, 0.5) is 0 Å². The summed E-state index contributed by atoms with van der Waals surface area (Å²) in [5.41, 5.74) is 3.57. The van der Waals surface area contributed by atoms with Gasteiger partial charge < -0.3 is 5.11 Å². The van der Waals surface area contributed by atoms with Crippen molar-refractivity contribution < 1.29 is 18.3 Å². The van der Waals surface area contributed by atoms with Gasteiger partial charge in [0.05, 0.1) is 17.6 Å². The van der Waals surface area contributed by atoms with Crippen molar-refractivity contribution in [1.29, 1.82) is 0 Å². The molecule has 1 N–H and O–H groups in total. The van der Waals surface area contributed by atoms with Gasteiger partial charge in [-0.25, -0.2) is 8.42 Å². The van der Waals surface area contributed by atoms with Crippen molar-refractivity contribution >= 4 is 16.0 Å². The van der Waals surface area contributed by atoms with Gasteiger partial charge in [0.15, 0.2) is 0 Å². The van der Waals surface area contributed by atoms with Gasteiger partial charge in [0.2, 0.25) is 0 Å². The van der Waals surface area contributed by atoms with Crippen LogP contribution >= 0.6 is 0 Å². The van der Waals surface area contributed by atoms with E-state index in [9.17, 15) is 13.2 Å². The van der Waals surface area contributed by atoms with E-state index in [0.717, 1.165) is 26.3 Å². The van der Waals surface area contributed by atoms with Crippen LogP contribution in [0.15, 0.2) is 30.6 Å². The molecule has 1 heterocycles. The molecular formula is C16H18N2O4S. The quantitative estimate of drug-likeness (QED) is 0.875. The third kappa shape index (κ3) is 3.29. The Kier molecular flexibility index (Phi) is 3.97. The summed E-state index contributed by atoms with van der Waals surface area (Å²) < 4.78 is 25.4. The molecule has 0 radical (unpaired) electrons. The predicted octanol–water partition coefficient (Wildman–Crippen LogP) is 2.22. The first-order valence-electron chi connectivity index (χ1n) is 7.48. The van der Waals surface area contributed by atoms with Crippen LogP contribution in [0.1, 0.15) is 30.4 Å². The lowest BCUT2D eigenvalue weighted by Gasteiger charge is -2.06. The predicted molar refractivity (Wildman–Crippen MR) is 85.7 cm³/mol. The summed E-state index contributed by atoms with van der Waals surface area (Å²) in [5.74, 6) is -0.821. The van der Waals surface area contributed by atoms with Crippen LogP contribution in [0.5, 0.6) is 0 Å². The van der Waals surface area contributed by atoms with Gasteiger partial charge in [-0.3, -0.25) is 4.79 Å². The highest BCUT2D eigenvalue weighted by molar-refractivity contribution is 7.90. The minimum Gasteiger partial charge on any atom is -0.481 e. The molecule has 122 valence electrons. The zero-order valence-corrected chi connectivity index (χ0v) is 13.6. The molecule has 0 unspecified atom stereocenters. The molecule has 0 atom stereocenters. The number of hydrogen-bond donors (Lipinski definition) is 1. The molecule has 1 aliphatic carbocycles. The molecule has 1 aromatic carbocycles. The van der Waals surface area contributed by atoms with Gasteiger partial charge >= 0.3 is 5.97 Å². The first kappa shape index (κ1) is 15.7. The van der Waals surface area contributed by atoms with E-state index >= 15 is 0 Å². The number of aromatic nitrogens is 2. The number of hydrogen-bond acceptors (Lipinski definition) is 4. The lowest BCUT2D eigenvalue weighted by atomic mass is 9.99. The maximum atomic E-state index is 12.2. The zero-order valence-electron chi connectivity index (χ0n) is 12.8. The molecule has 1 aromatic heterocycles. The largest absolute Gasteiger partial charge is 0.481 e. The van der Waals surface area contributed by atoms with Crippen molar-refractivity contribution in [2.45, 2.75) is 37.9 Å². The molecule has 7 heteroatoms. The summed E-state index contributed by atoms with van der Waals surface area (Å²) in [6.45, 7) is 1.92. The Morgan fingerprint density at radius 1 is 1.39 bits per heavy atom. The monoisotopic (exact) mass is 334 g/mol. The molecule has 3 rings (SSSR count). The Balaban J connectivity index is 1.85. The Labute approximate surface area is 134 Å². The minimum absolute atomic E-state index is 0.0936. The van der Waals surface area contributed by atoms with Crippen molar-refractivity contribution in [3.8, 4) is 11.1 Å². The van der Waals surface area contributed by atoms with Crippen LogP contribution in [-0.4, -0.2) is 33.9 Å². The van der Waals surface area contributed by atoms with Crippen LogP contribution in [0.2, 0.25) is 0 Å². The summed E-state index contributed by atoms with van der Waals surface area (Å²) in [6, 6.07) is 5.70. The van der Waals surface area contributed by atoms with Gasteiger partial charge in [-0.1, -0.05) is 18.2 Å². The summed E-state index contributed by atoms with van der Waals surface area (Å²) in [4.78, 5) is 10.6. The zero-order chi connectivity index (χ0) is 16.6. The second kappa shape index (κ2) is 5.81. The maximum absolute atomic E-state index is 12.2. The van der Waals surface area contributed by atoms with E-state index in [2.05, 4.69) is 5.10 Å². The average molecular weight is 334 g/mol. The van der Waals surface area contributed by atoms with E-state index in [4.69, 9.17) is 5.11 Å². The fraction of sp³-hybridized carbons (Fsp3) is 0.375. The highest BCUT2D eigenvalue weighted by atomic mass is 32.2. The summed E-state index contributed by atoms with van der Waals surface area (Å²) in [7, 11) is -3.35. The van der Waals surface area contributed by atoms with Crippen LogP contribution in [-0.2, 0) is 21.2 Å². The number of carboxylic acids is 1. The van der Waals surface area contributed by atoms with E-state index < -0.39 is 16.0 Å². The third-order valence-corrected chi connectivity index (χ3v) is 6.03. The number of nitrogens with zero attached hydrogens (tertiary/aromatic N) is 2. The van der Waals surface area contributed by atoms with Gasteiger partial charge in [0.1, 0.15) is 0 Å². The Bertz CT molecular complexity index is 851. The van der Waals surface area contributed by atoms with Gasteiger partial charge in [-0.05, 0) is 42.9 Å². The molecule has 23 heavy (non-hydrogen) atoms. The number of rotatable bonds is 6. The first-order valence-corrected chi connectivity index (χ1v) is 8.99. The fourth-order valence-corrected chi connectivity index (χ4v) is 4.03. The molecule has 0 spiro atoms. The van der Waals surface area contributed by atoms with E-state index in [1.807, 2.05) is 25.1 Å². The van der Waals surface area contributed by atoms with E-state index in [1.54, 1.807) is 12.4 Å². The van der Waals surface area contributed by atoms with Crippen LogP contribution in [0.25, 0.3) is 11.1 Å². The fourth-order valence-electron chi connectivity index (χ4n) is 2.56. The molecule has 6 nitrogen and oxygen atoms in total. The van der Waals surface area contributed by atoms with Gasteiger partial charge in [-0.15, -0.1) is 0 Å². The maximum Gasteiger partial charge on any atom is 0.303 e. The lowest BCUT2D eigenvalue weighted by molar-refractivity contribution is -0.136. The number of aryl methyl sites for hydroxylation is 2. The van der Waals surface area contributed by atoms with Crippen molar-refractivity contribution in [3.05, 3.63) is 41.7 Å². The summed E-state index contributed by atoms with van der Waals surface area (Å²) in [6.07, 6.45) is 5.08. The molecule has 0 aliphatic heterocycles. The average Bonchev–Trinajstić information content (AvgIpc) is 3.24. The smallest absolute Gasteiger partial charge is 0.303 e. The Morgan fingerprint density at radius 3 is 2.74 bits per heavy atom. The van der Waals surface area contributed by atoms with E-state index in [0.29, 0.717) is 19.3 Å². The molecule has 0 saturated heterocycles. The molecule has 2 aromatic rings. The number of benzene rings is 1. The highest BCUT2D eigenvalue weighted by Gasteiger charge is 2.37. The molecule has 0 amide bonds. The Hall–Kier alpha value is -2.15. The SMILES string of the molecule is Cc1cc(CCC(=O)O)ccc1-c1cnn(S(=O)(=O)C2CC2)c1. The second-order valence-electron chi connectivity index (χ2n) is 5.89. The van der Waals surface area contributed by atoms with Crippen molar-refractivity contribution in [2.24, 2.45) is 0 Å². The van der Waals surface area contributed by atoms with Gasteiger partial charge in [0, 0.05) is 12.0 Å². The van der Waals surface area contributed by atoms with Crippen LogP contribution < -0.4 is 0 Å². The van der Waals surface area contributed by atoms with Crippen molar-refractivity contribution in [1.82, 2.24) is 9.19 Å². The van der Waals surface area contributed by atoms with Gasteiger partial charge in [-0.2, -0.15) is 9.19 Å². The second-order valence-corrected chi connectivity index (χ2v) is 7.96. The van der Waals surface area contributed by atoms with E-state index in [-0.39, 0.29) is 11.7 Å². The molecule has 1 saturated carbocycles. The number of carboxylic acid groups (broad SMARTS) is 1. The van der Waals surface area contributed by atoms with Gasteiger partial charge in [0.25, 0.3) is 10.0 Å². The van der Waals surface area contributed by atoms with Crippen molar-refractivity contribution in [3.63, 3.8) is 0 Å². The molecular weight excluding hydrogens is 316 g/mol. The van der Waals surface area contributed by atoms with Crippen LogP contribution in [0, 0.1) is 6.92 Å². The molecule has 1 aliphatic rings. The Morgan fingerprint density at radius 2 is 2.13 bits per heavy atom. The minimum atomic E-state index is -3.35.